The quantitative estimate of drug-likeness (QED) is 0.815. The monoisotopic (exact) mass is 355 g/mol. The Morgan fingerprint density at radius 2 is 2.31 bits per heavy atom. The fourth-order valence-corrected chi connectivity index (χ4v) is 1.82. The highest BCUT2D eigenvalue weighted by Gasteiger charge is 2.08. The number of likely N-dealkylation sites (N-methyl/N-ethyl adjacent to an activating group) is 1. The lowest BCUT2D eigenvalue weighted by Crippen LogP contribution is -2.19. The maximum atomic E-state index is 9.06. The Kier molecular flexibility index (Phi) is 4.64. The normalized spacial score (nSPS) is 12.9. The van der Waals surface area contributed by atoms with Crippen LogP contribution in [-0.4, -0.2) is 18.8 Å². The van der Waals surface area contributed by atoms with Gasteiger partial charge in [-0.25, -0.2) is 0 Å². The molecule has 13 heavy (non-hydrogen) atoms. The van der Waals surface area contributed by atoms with E-state index in [0.717, 1.165) is 10.0 Å². The highest BCUT2D eigenvalue weighted by molar-refractivity contribution is 14.1. The van der Waals surface area contributed by atoms with Gasteiger partial charge in [0.05, 0.1) is 12.6 Å². The number of nitrogens with one attached hydrogen (secondary N) is 1. The van der Waals surface area contributed by atoms with Crippen LogP contribution in [0.25, 0.3) is 0 Å². The molecular weight excluding hydrogens is 345 g/mol. The van der Waals surface area contributed by atoms with Crippen molar-refractivity contribution in [1.82, 2.24) is 5.32 Å². The summed E-state index contributed by atoms with van der Waals surface area (Å²) in [6.07, 6.45) is 0. The molecule has 0 spiro atoms. The fourth-order valence-electron chi connectivity index (χ4n) is 1.09. The van der Waals surface area contributed by atoms with Crippen LogP contribution in [0.3, 0.4) is 0 Å². The molecule has 1 atom stereocenters. The van der Waals surface area contributed by atoms with Crippen molar-refractivity contribution < 1.29 is 5.11 Å². The van der Waals surface area contributed by atoms with Crippen LogP contribution >= 0.6 is 38.5 Å². The maximum Gasteiger partial charge on any atom is 0.0626 e. The van der Waals surface area contributed by atoms with Gasteiger partial charge in [-0.15, -0.1) is 0 Å². The number of halogens is 2. The topological polar surface area (TPSA) is 32.3 Å². The SMILES string of the molecule is CN[C@H](CO)c1ccc(I)c(Br)c1. The number of benzene rings is 1. The summed E-state index contributed by atoms with van der Waals surface area (Å²) in [5, 5.41) is 12.1. The molecular formula is C9H11BrINO. The second-order valence-corrected chi connectivity index (χ2v) is 4.71. The summed E-state index contributed by atoms with van der Waals surface area (Å²) >= 11 is 5.71. The van der Waals surface area contributed by atoms with Gasteiger partial charge < -0.3 is 10.4 Å². The molecule has 0 aromatic heterocycles. The van der Waals surface area contributed by atoms with E-state index >= 15 is 0 Å². The molecule has 1 rings (SSSR count). The van der Waals surface area contributed by atoms with Gasteiger partial charge in [-0.1, -0.05) is 6.07 Å². The van der Waals surface area contributed by atoms with E-state index in [-0.39, 0.29) is 12.6 Å². The average Bonchev–Trinajstić information content (AvgIpc) is 2.13. The van der Waals surface area contributed by atoms with Gasteiger partial charge in [-0.3, -0.25) is 0 Å². The predicted octanol–water partition coefficient (Wildman–Crippen LogP) is 2.31. The van der Waals surface area contributed by atoms with Crippen molar-refractivity contribution in [2.45, 2.75) is 6.04 Å². The third-order valence-electron chi connectivity index (χ3n) is 1.88. The molecule has 1 aromatic rings. The van der Waals surface area contributed by atoms with Crippen LogP contribution in [0.15, 0.2) is 22.7 Å². The van der Waals surface area contributed by atoms with Crippen molar-refractivity contribution in [2.75, 3.05) is 13.7 Å². The van der Waals surface area contributed by atoms with E-state index in [2.05, 4.69) is 43.8 Å². The third kappa shape index (κ3) is 2.90. The van der Waals surface area contributed by atoms with Crippen molar-refractivity contribution in [3.8, 4) is 0 Å². The molecule has 72 valence electrons. The summed E-state index contributed by atoms with van der Waals surface area (Å²) in [6.45, 7) is 0.115. The molecule has 0 fully saturated rings. The molecule has 1 aromatic carbocycles. The number of rotatable bonds is 3. The van der Waals surface area contributed by atoms with E-state index in [1.54, 1.807) is 0 Å². The minimum Gasteiger partial charge on any atom is -0.394 e. The van der Waals surface area contributed by atoms with Crippen molar-refractivity contribution in [1.29, 1.82) is 0 Å². The summed E-state index contributed by atoms with van der Waals surface area (Å²) in [6, 6.07) is 6.09. The lowest BCUT2D eigenvalue weighted by Gasteiger charge is -2.13. The number of aliphatic hydroxyl groups excluding tert-OH is 1. The molecule has 0 bridgehead atoms. The van der Waals surface area contributed by atoms with Gasteiger partial charge in [0.1, 0.15) is 0 Å². The van der Waals surface area contributed by atoms with E-state index in [4.69, 9.17) is 5.11 Å². The molecule has 4 heteroatoms. The predicted molar refractivity (Wildman–Crippen MR) is 65.7 cm³/mol. The summed E-state index contributed by atoms with van der Waals surface area (Å²) in [4.78, 5) is 0. The van der Waals surface area contributed by atoms with Gasteiger partial charge in [-0.05, 0) is 63.3 Å². The Bertz CT molecular complexity index is 289. The molecule has 0 radical (unpaired) electrons. The van der Waals surface area contributed by atoms with Crippen LogP contribution < -0.4 is 5.32 Å². The van der Waals surface area contributed by atoms with Gasteiger partial charge >= 0.3 is 0 Å². The second kappa shape index (κ2) is 5.29. The fraction of sp³-hybridized carbons (Fsp3) is 0.333. The first kappa shape index (κ1) is 11.4. The van der Waals surface area contributed by atoms with Crippen LogP contribution in [0, 0.1) is 3.57 Å². The van der Waals surface area contributed by atoms with Crippen LogP contribution in [0.2, 0.25) is 0 Å². The largest absolute Gasteiger partial charge is 0.394 e. The van der Waals surface area contributed by atoms with Crippen molar-refractivity contribution in [3.05, 3.63) is 31.8 Å². The third-order valence-corrected chi connectivity index (χ3v) is 4.22. The van der Waals surface area contributed by atoms with Crippen LogP contribution in [0.4, 0.5) is 0 Å². The van der Waals surface area contributed by atoms with E-state index in [0.29, 0.717) is 0 Å². The zero-order valence-corrected chi connectivity index (χ0v) is 11.0. The van der Waals surface area contributed by atoms with Crippen LogP contribution in [0.1, 0.15) is 11.6 Å². The highest BCUT2D eigenvalue weighted by Crippen LogP contribution is 2.23. The molecule has 0 heterocycles. The maximum absolute atomic E-state index is 9.06. The summed E-state index contributed by atoms with van der Waals surface area (Å²) < 4.78 is 2.24. The molecule has 0 aliphatic rings. The first-order valence-electron chi connectivity index (χ1n) is 3.92. The lowest BCUT2D eigenvalue weighted by atomic mass is 10.1. The van der Waals surface area contributed by atoms with E-state index < -0.39 is 0 Å². The molecule has 0 aliphatic heterocycles. The second-order valence-electron chi connectivity index (χ2n) is 2.70. The van der Waals surface area contributed by atoms with Crippen molar-refractivity contribution in [3.63, 3.8) is 0 Å². The summed E-state index contributed by atoms with van der Waals surface area (Å²) in [5.41, 5.74) is 1.09. The smallest absolute Gasteiger partial charge is 0.0626 e. The highest BCUT2D eigenvalue weighted by atomic mass is 127. The summed E-state index contributed by atoms with van der Waals surface area (Å²) in [7, 11) is 1.84. The molecule has 0 aliphatic carbocycles. The Morgan fingerprint density at radius 1 is 1.62 bits per heavy atom. The Hall–Kier alpha value is 0.350. The van der Waals surface area contributed by atoms with Gasteiger partial charge in [0.25, 0.3) is 0 Å². The Morgan fingerprint density at radius 3 is 2.77 bits per heavy atom. The number of aliphatic hydroxyl groups is 1. The molecule has 2 nitrogen and oxygen atoms in total. The van der Waals surface area contributed by atoms with Gasteiger partial charge in [-0.2, -0.15) is 0 Å². The number of hydrogen-bond donors (Lipinski definition) is 2. The zero-order valence-electron chi connectivity index (χ0n) is 7.22. The van der Waals surface area contributed by atoms with E-state index in [9.17, 15) is 0 Å². The molecule has 0 unspecified atom stereocenters. The number of hydrogen-bond acceptors (Lipinski definition) is 2. The minimum atomic E-state index is 0.0216. The first-order valence-corrected chi connectivity index (χ1v) is 5.79. The van der Waals surface area contributed by atoms with Crippen LogP contribution in [-0.2, 0) is 0 Å². The van der Waals surface area contributed by atoms with Gasteiger partial charge in [0, 0.05) is 8.04 Å². The Labute approximate surface area is 100.0 Å². The van der Waals surface area contributed by atoms with E-state index in [1.165, 1.54) is 3.57 Å². The molecule has 0 amide bonds. The van der Waals surface area contributed by atoms with Gasteiger partial charge in [0.15, 0.2) is 0 Å². The zero-order chi connectivity index (χ0) is 9.84. The van der Waals surface area contributed by atoms with Crippen LogP contribution in [0.5, 0.6) is 0 Å². The van der Waals surface area contributed by atoms with Crippen molar-refractivity contribution in [2.24, 2.45) is 0 Å². The van der Waals surface area contributed by atoms with Crippen molar-refractivity contribution >= 4 is 38.5 Å². The Balaban J connectivity index is 2.95. The van der Waals surface area contributed by atoms with Gasteiger partial charge in [0.2, 0.25) is 0 Å². The molecule has 0 saturated carbocycles. The minimum absolute atomic E-state index is 0.0216. The van der Waals surface area contributed by atoms with E-state index in [1.807, 2.05) is 25.2 Å². The standard InChI is InChI=1S/C9H11BrINO/c1-12-9(5-13)6-2-3-8(11)7(10)4-6/h2-4,9,12-13H,5H2,1H3/t9-/m1/s1. The molecule has 0 saturated heterocycles. The first-order chi connectivity index (χ1) is 6.19. The average molecular weight is 356 g/mol. The lowest BCUT2D eigenvalue weighted by molar-refractivity contribution is 0.251. The molecule has 2 N–H and O–H groups in total. The summed E-state index contributed by atoms with van der Waals surface area (Å²) in [5.74, 6) is 0.